The van der Waals surface area contributed by atoms with E-state index in [0.717, 1.165) is 24.8 Å². The minimum absolute atomic E-state index is 0.0671. The Morgan fingerprint density at radius 1 is 1.25 bits per heavy atom. The number of aliphatic hydroxyl groups is 1. The summed E-state index contributed by atoms with van der Waals surface area (Å²) < 4.78 is 5.94. The summed E-state index contributed by atoms with van der Waals surface area (Å²) in [5.74, 6) is -0.187. The smallest absolute Gasteiger partial charge is 0.331 e. The summed E-state index contributed by atoms with van der Waals surface area (Å²) in [5.41, 5.74) is 1.14. The fourth-order valence-electron chi connectivity index (χ4n) is 5.02. The van der Waals surface area contributed by atoms with Gasteiger partial charge in [0.2, 0.25) is 0 Å². The minimum Gasteiger partial charge on any atom is -0.508 e. The number of fused-ring (bicyclic) bond motifs is 1. The Bertz CT molecular complexity index is 776. The molecule has 3 rings (SSSR count). The van der Waals surface area contributed by atoms with Crippen molar-refractivity contribution in [2.45, 2.75) is 65.1 Å². The summed E-state index contributed by atoms with van der Waals surface area (Å²) in [5, 5.41) is 20.9. The van der Waals surface area contributed by atoms with Crippen LogP contribution in [-0.4, -0.2) is 27.9 Å². The zero-order chi connectivity index (χ0) is 20.5. The first kappa shape index (κ1) is 20.7. The third kappa shape index (κ3) is 4.02. The predicted octanol–water partition coefficient (Wildman–Crippen LogP) is 4.86. The molecule has 1 aromatic carbocycles. The topological polar surface area (TPSA) is 66.8 Å². The van der Waals surface area contributed by atoms with Gasteiger partial charge in [-0.3, -0.25) is 0 Å². The van der Waals surface area contributed by atoms with E-state index >= 15 is 0 Å². The number of carbonyl (C=O) groups excluding carboxylic acids is 1. The number of benzene rings is 1. The van der Waals surface area contributed by atoms with Crippen LogP contribution in [0.4, 0.5) is 0 Å². The van der Waals surface area contributed by atoms with Crippen LogP contribution in [0, 0.1) is 17.3 Å². The molecule has 0 heterocycles. The van der Waals surface area contributed by atoms with E-state index in [1.807, 2.05) is 0 Å². The third-order valence-corrected chi connectivity index (χ3v) is 6.77. The predicted molar refractivity (Wildman–Crippen MR) is 111 cm³/mol. The largest absolute Gasteiger partial charge is 0.508 e. The number of phenols is 1. The number of hydrogen-bond donors (Lipinski definition) is 2. The SMILES string of the molecule is CC1=CCC2(C)CCC(O)(C(C)C)C2C(OC(=O)C=Cc2ccc(O)cc2)C1. The van der Waals surface area contributed by atoms with Crippen molar-refractivity contribution in [3.8, 4) is 5.75 Å². The first-order chi connectivity index (χ1) is 13.1. The van der Waals surface area contributed by atoms with Crippen LogP contribution >= 0.6 is 0 Å². The Morgan fingerprint density at radius 2 is 1.93 bits per heavy atom. The maximum Gasteiger partial charge on any atom is 0.331 e. The molecular formula is C24H32O4. The van der Waals surface area contributed by atoms with Crippen molar-refractivity contribution in [3.63, 3.8) is 0 Å². The van der Waals surface area contributed by atoms with E-state index in [4.69, 9.17) is 4.74 Å². The molecule has 2 aliphatic rings. The van der Waals surface area contributed by atoms with Gasteiger partial charge in [0.1, 0.15) is 11.9 Å². The van der Waals surface area contributed by atoms with Gasteiger partial charge in [0, 0.05) is 18.4 Å². The molecule has 0 aromatic heterocycles. The molecule has 0 radical (unpaired) electrons. The van der Waals surface area contributed by atoms with Crippen LogP contribution in [0.3, 0.4) is 0 Å². The summed E-state index contributed by atoms with van der Waals surface area (Å²) in [6, 6.07) is 6.64. The van der Waals surface area contributed by atoms with Crippen LogP contribution in [-0.2, 0) is 9.53 Å². The molecule has 1 aromatic rings. The van der Waals surface area contributed by atoms with Gasteiger partial charge in [-0.2, -0.15) is 0 Å². The lowest BCUT2D eigenvalue weighted by Crippen LogP contribution is -2.50. The monoisotopic (exact) mass is 384 g/mol. The summed E-state index contributed by atoms with van der Waals surface area (Å²) in [7, 11) is 0. The van der Waals surface area contributed by atoms with Gasteiger partial charge < -0.3 is 14.9 Å². The van der Waals surface area contributed by atoms with Crippen molar-refractivity contribution in [1.29, 1.82) is 0 Å². The van der Waals surface area contributed by atoms with Gasteiger partial charge in [-0.25, -0.2) is 4.79 Å². The van der Waals surface area contributed by atoms with Gasteiger partial charge in [-0.05, 0) is 61.3 Å². The van der Waals surface area contributed by atoms with E-state index in [-0.39, 0.29) is 29.1 Å². The molecular weight excluding hydrogens is 352 g/mol. The average Bonchev–Trinajstić information content (AvgIpc) is 2.84. The van der Waals surface area contributed by atoms with Gasteiger partial charge in [-0.1, -0.05) is 44.6 Å². The number of aromatic hydroxyl groups is 1. The molecule has 1 fully saturated rings. The number of phenolic OH excluding ortho intramolecular Hbond substituents is 1. The lowest BCUT2D eigenvalue weighted by Gasteiger charge is -2.43. The molecule has 0 amide bonds. The molecule has 4 atom stereocenters. The standard InChI is InChI=1S/C24H32O4/c1-16(2)24(27)14-13-23(4)12-11-17(3)15-20(22(23)24)28-21(26)10-7-18-5-8-19(25)9-6-18/h5-11,16,20,22,25,27H,12-15H2,1-4H3. The van der Waals surface area contributed by atoms with Crippen LogP contribution < -0.4 is 0 Å². The van der Waals surface area contributed by atoms with Crippen LogP contribution in [0.1, 0.15) is 58.9 Å². The Morgan fingerprint density at radius 3 is 2.57 bits per heavy atom. The zero-order valence-electron chi connectivity index (χ0n) is 17.3. The quantitative estimate of drug-likeness (QED) is 0.442. The second-order valence-corrected chi connectivity index (χ2v) is 9.14. The lowest BCUT2D eigenvalue weighted by atomic mass is 9.67. The molecule has 0 bridgehead atoms. The van der Waals surface area contributed by atoms with Crippen molar-refractivity contribution in [2.24, 2.45) is 17.3 Å². The lowest BCUT2D eigenvalue weighted by molar-refractivity contribution is -0.160. The Hall–Kier alpha value is -2.07. The molecule has 152 valence electrons. The number of carbonyl (C=O) groups is 1. The first-order valence-corrected chi connectivity index (χ1v) is 10.2. The minimum atomic E-state index is -0.821. The molecule has 2 N–H and O–H groups in total. The van der Waals surface area contributed by atoms with Crippen LogP contribution in [0.2, 0.25) is 0 Å². The van der Waals surface area contributed by atoms with E-state index in [1.165, 1.54) is 11.6 Å². The van der Waals surface area contributed by atoms with Crippen LogP contribution in [0.15, 0.2) is 42.0 Å². The third-order valence-electron chi connectivity index (χ3n) is 6.77. The molecule has 4 heteroatoms. The van der Waals surface area contributed by atoms with E-state index in [0.29, 0.717) is 6.42 Å². The average molecular weight is 385 g/mol. The van der Waals surface area contributed by atoms with E-state index in [1.54, 1.807) is 30.3 Å². The molecule has 0 aliphatic heterocycles. The molecule has 28 heavy (non-hydrogen) atoms. The first-order valence-electron chi connectivity index (χ1n) is 10.2. The van der Waals surface area contributed by atoms with Gasteiger partial charge in [0.05, 0.1) is 5.60 Å². The maximum absolute atomic E-state index is 12.6. The summed E-state index contributed by atoms with van der Waals surface area (Å²) >= 11 is 0. The van der Waals surface area contributed by atoms with Crippen molar-refractivity contribution >= 4 is 12.0 Å². The summed E-state index contributed by atoms with van der Waals surface area (Å²) in [6.45, 7) is 8.41. The molecule has 4 unspecified atom stereocenters. The summed E-state index contributed by atoms with van der Waals surface area (Å²) in [4.78, 5) is 12.6. The highest BCUT2D eigenvalue weighted by molar-refractivity contribution is 5.87. The van der Waals surface area contributed by atoms with Gasteiger partial charge in [0.25, 0.3) is 0 Å². The number of allylic oxidation sites excluding steroid dienone is 1. The molecule has 0 saturated heterocycles. The highest BCUT2D eigenvalue weighted by Gasteiger charge is 2.59. The normalized spacial score (nSPS) is 32.9. The Labute approximate surface area is 167 Å². The molecule has 2 aliphatic carbocycles. The van der Waals surface area contributed by atoms with Crippen LogP contribution in [0.25, 0.3) is 6.08 Å². The zero-order valence-corrected chi connectivity index (χ0v) is 17.3. The summed E-state index contributed by atoms with van der Waals surface area (Å²) in [6.07, 6.45) is 8.28. The maximum atomic E-state index is 12.6. The fourth-order valence-corrected chi connectivity index (χ4v) is 5.02. The number of hydrogen-bond acceptors (Lipinski definition) is 4. The van der Waals surface area contributed by atoms with Crippen molar-refractivity contribution in [1.82, 2.24) is 0 Å². The number of rotatable bonds is 4. The Balaban J connectivity index is 1.82. The van der Waals surface area contributed by atoms with E-state index in [9.17, 15) is 15.0 Å². The van der Waals surface area contributed by atoms with Crippen molar-refractivity contribution < 1.29 is 19.7 Å². The van der Waals surface area contributed by atoms with Gasteiger partial charge >= 0.3 is 5.97 Å². The molecule has 0 spiro atoms. The molecule has 1 saturated carbocycles. The highest BCUT2D eigenvalue weighted by Crippen LogP contribution is 2.58. The van der Waals surface area contributed by atoms with E-state index < -0.39 is 11.6 Å². The van der Waals surface area contributed by atoms with Crippen molar-refractivity contribution in [3.05, 3.63) is 47.6 Å². The number of ether oxygens (including phenoxy) is 1. The van der Waals surface area contributed by atoms with Crippen molar-refractivity contribution in [2.75, 3.05) is 0 Å². The fraction of sp³-hybridized carbons (Fsp3) is 0.542. The van der Waals surface area contributed by atoms with Gasteiger partial charge in [0.15, 0.2) is 0 Å². The number of esters is 1. The van der Waals surface area contributed by atoms with E-state index in [2.05, 4.69) is 33.8 Å². The second-order valence-electron chi connectivity index (χ2n) is 9.14. The highest BCUT2D eigenvalue weighted by atomic mass is 16.5. The Kier molecular flexibility index (Phi) is 5.72. The second kappa shape index (κ2) is 7.75. The van der Waals surface area contributed by atoms with Crippen LogP contribution in [0.5, 0.6) is 5.75 Å². The van der Waals surface area contributed by atoms with Gasteiger partial charge in [-0.15, -0.1) is 0 Å². The molecule has 4 nitrogen and oxygen atoms in total.